The molecule has 4 aliphatic carbocycles. The van der Waals surface area contributed by atoms with Crippen molar-refractivity contribution in [2.75, 3.05) is 25.6 Å². The number of ketones is 1. The normalized spacial score (nSPS) is 30.9. The van der Waals surface area contributed by atoms with Crippen molar-refractivity contribution in [2.24, 2.45) is 17.3 Å². The Balaban J connectivity index is 1.41. The molecule has 0 spiro atoms. The fourth-order valence-corrected chi connectivity index (χ4v) is 8.36. The van der Waals surface area contributed by atoms with Crippen LogP contribution in [0.25, 0.3) is 0 Å². The van der Waals surface area contributed by atoms with Gasteiger partial charge in [0.1, 0.15) is 5.60 Å². The standard InChI is InChI=1S/C35H45NO4/c1-5-19-35(39)20-18-31-29-16-12-25-22-27(37)15-17-28(25)33(29)30(23-34(31,35)2)24-10-13-26(14-11-24)36(3)21-8-6-7-9-32(38)40-4/h10-11,13-14,22,29-31,39H,6-9,12,15-18,20-21,23H2,1-4H3/t29-,30+,31-,34-,35-/m0/s1. The first-order chi connectivity index (χ1) is 19.2. The minimum absolute atomic E-state index is 0.136. The van der Waals surface area contributed by atoms with Crippen molar-refractivity contribution in [2.45, 2.75) is 96.0 Å². The Morgan fingerprint density at radius 2 is 1.90 bits per heavy atom. The number of ether oxygens (including phenoxy) is 1. The van der Waals surface area contributed by atoms with Gasteiger partial charge in [-0.3, -0.25) is 9.59 Å². The maximum Gasteiger partial charge on any atom is 0.305 e. The topological polar surface area (TPSA) is 66.8 Å². The highest BCUT2D eigenvalue weighted by molar-refractivity contribution is 5.93. The first-order valence-corrected chi connectivity index (χ1v) is 15.2. The summed E-state index contributed by atoms with van der Waals surface area (Å²) in [6.07, 6.45) is 11.4. The quantitative estimate of drug-likeness (QED) is 0.230. The zero-order valence-corrected chi connectivity index (χ0v) is 24.7. The van der Waals surface area contributed by atoms with Crippen molar-refractivity contribution in [1.29, 1.82) is 0 Å². The second-order valence-electron chi connectivity index (χ2n) is 12.7. The number of benzene rings is 1. The fourth-order valence-electron chi connectivity index (χ4n) is 8.36. The van der Waals surface area contributed by atoms with Crippen LogP contribution in [0.15, 0.2) is 47.1 Å². The lowest BCUT2D eigenvalue weighted by molar-refractivity contribution is -0.140. The molecule has 4 aliphatic rings. The molecule has 1 aromatic carbocycles. The van der Waals surface area contributed by atoms with E-state index in [1.807, 2.05) is 13.0 Å². The maximum absolute atomic E-state index is 12.3. The highest BCUT2D eigenvalue weighted by atomic mass is 16.5. The number of hydrogen-bond acceptors (Lipinski definition) is 5. The third-order valence-corrected chi connectivity index (χ3v) is 10.6. The van der Waals surface area contributed by atoms with Gasteiger partial charge in [-0.2, -0.15) is 0 Å². The van der Waals surface area contributed by atoms with E-state index in [4.69, 9.17) is 4.74 Å². The molecule has 214 valence electrons. The molecule has 0 heterocycles. The average Bonchev–Trinajstić information content (AvgIpc) is 3.21. The molecule has 5 nitrogen and oxygen atoms in total. The number of anilines is 1. The highest BCUT2D eigenvalue weighted by Crippen LogP contribution is 2.66. The van der Waals surface area contributed by atoms with E-state index in [0.29, 0.717) is 24.7 Å². The van der Waals surface area contributed by atoms with E-state index in [0.717, 1.165) is 64.3 Å². The van der Waals surface area contributed by atoms with Gasteiger partial charge in [0, 0.05) is 43.5 Å². The summed E-state index contributed by atoms with van der Waals surface area (Å²) in [5, 5.41) is 11.9. The summed E-state index contributed by atoms with van der Waals surface area (Å²) in [4.78, 5) is 25.9. The van der Waals surface area contributed by atoms with Gasteiger partial charge in [-0.05, 0) is 105 Å². The molecule has 1 N–H and O–H groups in total. The Hall–Kier alpha value is -2.84. The van der Waals surface area contributed by atoms with Crippen LogP contribution in [-0.4, -0.2) is 43.2 Å². The van der Waals surface area contributed by atoms with Gasteiger partial charge in [-0.1, -0.05) is 37.0 Å². The van der Waals surface area contributed by atoms with Crippen LogP contribution in [0.1, 0.15) is 96.0 Å². The number of carbonyl (C=O) groups excluding carboxylic acids is 2. The van der Waals surface area contributed by atoms with Gasteiger partial charge < -0.3 is 14.7 Å². The summed E-state index contributed by atoms with van der Waals surface area (Å²) in [6.45, 7) is 5.07. The summed E-state index contributed by atoms with van der Waals surface area (Å²) in [5.74, 6) is 7.51. The summed E-state index contributed by atoms with van der Waals surface area (Å²) in [6, 6.07) is 9.03. The monoisotopic (exact) mass is 543 g/mol. The molecule has 0 radical (unpaired) electrons. The second kappa shape index (κ2) is 11.6. The zero-order valence-electron chi connectivity index (χ0n) is 24.7. The number of rotatable bonds is 8. The van der Waals surface area contributed by atoms with Gasteiger partial charge in [-0.15, -0.1) is 5.92 Å². The fraction of sp³-hybridized carbons (Fsp3) is 0.600. The number of methoxy groups -OCH3 is 1. The Morgan fingerprint density at radius 3 is 2.62 bits per heavy atom. The predicted molar refractivity (Wildman–Crippen MR) is 159 cm³/mol. The van der Waals surface area contributed by atoms with Gasteiger partial charge >= 0.3 is 5.97 Å². The summed E-state index contributed by atoms with van der Waals surface area (Å²) in [7, 11) is 3.57. The number of fused-ring (bicyclic) bond motifs is 4. The molecule has 2 saturated carbocycles. The number of unbranched alkanes of at least 4 members (excludes halogenated alkanes) is 2. The van der Waals surface area contributed by atoms with Crippen molar-refractivity contribution in [3.05, 3.63) is 52.6 Å². The van der Waals surface area contributed by atoms with Gasteiger partial charge in [0.05, 0.1) is 7.11 Å². The third kappa shape index (κ3) is 5.16. The lowest BCUT2D eigenvalue weighted by Gasteiger charge is -2.53. The average molecular weight is 544 g/mol. The second-order valence-corrected chi connectivity index (χ2v) is 12.7. The number of allylic oxidation sites excluding steroid dienone is 4. The molecule has 0 aromatic heterocycles. The lowest BCUT2D eigenvalue weighted by atomic mass is 9.51. The van der Waals surface area contributed by atoms with Crippen LogP contribution in [0, 0.1) is 29.1 Å². The van der Waals surface area contributed by atoms with Crippen LogP contribution >= 0.6 is 0 Å². The summed E-state index contributed by atoms with van der Waals surface area (Å²) >= 11 is 0. The molecule has 5 heteroatoms. The van der Waals surface area contributed by atoms with Crippen molar-refractivity contribution in [3.63, 3.8) is 0 Å². The van der Waals surface area contributed by atoms with Crippen molar-refractivity contribution in [3.8, 4) is 11.8 Å². The lowest BCUT2D eigenvalue weighted by Crippen LogP contribution is -2.51. The molecule has 5 rings (SSSR count). The zero-order chi connectivity index (χ0) is 28.5. The molecule has 0 unspecified atom stereocenters. The van der Waals surface area contributed by atoms with Gasteiger partial charge in [0.2, 0.25) is 0 Å². The molecule has 0 bridgehead atoms. The van der Waals surface area contributed by atoms with E-state index in [2.05, 4.69) is 55.0 Å². The van der Waals surface area contributed by atoms with E-state index in [-0.39, 0.29) is 23.1 Å². The molecular formula is C35H45NO4. The summed E-state index contributed by atoms with van der Waals surface area (Å²) in [5.41, 5.74) is 5.53. The minimum Gasteiger partial charge on any atom is -0.469 e. The van der Waals surface area contributed by atoms with Crippen LogP contribution in [0.5, 0.6) is 0 Å². The molecule has 2 fully saturated rings. The van der Waals surface area contributed by atoms with E-state index in [1.165, 1.54) is 29.5 Å². The number of esters is 1. The molecule has 5 atom stereocenters. The van der Waals surface area contributed by atoms with E-state index >= 15 is 0 Å². The predicted octanol–water partition coefficient (Wildman–Crippen LogP) is 6.51. The Labute approximate surface area is 240 Å². The molecule has 0 saturated heterocycles. The first-order valence-electron chi connectivity index (χ1n) is 15.2. The molecule has 0 amide bonds. The van der Waals surface area contributed by atoms with Crippen molar-refractivity contribution < 1.29 is 19.4 Å². The number of hydrogen-bond donors (Lipinski definition) is 1. The van der Waals surface area contributed by atoms with Crippen LogP contribution < -0.4 is 4.90 Å². The van der Waals surface area contributed by atoms with Crippen LogP contribution in [0.3, 0.4) is 0 Å². The number of carbonyl (C=O) groups is 2. The maximum atomic E-state index is 12.3. The third-order valence-electron chi connectivity index (χ3n) is 10.6. The van der Waals surface area contributed by atoms with Gasteiger partial charge in [-0.25, -0.2) is 0 Å². The molecule has 0 aliphatic heterocycles. The van der Waals surface area contributed by atoms with Crippen molar-refractivity contribution in [1.82, 2.24) is 0 Å². The Bertz CT molecular complexity index is 1260. The Morgan fingerprint density at radius 1 is 1.12 bits per heavy atom. The van der Waals surface area contributed by atoms with Crippen LogP contribution in [0.2, 0.25) is 0 Å². The van der Waals surface area contributed by atoms with E-state index in [1.54, 1.807) is 5.57 Å². The Kier molecular flexibility index (Phi) is 8.30. The first kappa shape index (κ1) is 28.7. The van der Waals surface area contributed by atoms with E-state index < -0.39 is 5.60 Å². The summed E-state index contributed by atoms with van der Waals surface area (Å²) < 4.78 is 4.74. The van der Waals surface area contributed by atoms with Crippen molar-refractivity contribution >= 4 is 17.4 Å². The molecular weight excluding hydrogens is 498 g/mol. The van der Waals surface area contributed by atoms with Gasteiger partial charge in [0.25, 0.3) is 0 Å². The number of nitrogens with zero attached hydrogens (tertiary/aromatic N) is 1. The van der Waals surface area contributed by atoms with Gasteiger partial charge in [0.15, 0.2) is 5.78 Å². The highest BCUT2D eigenvalue weighted by Gasteiger charge is 2.62. The minimum atomic E-state index is -0.951. The largest absolute Gasteiger partial charge is 0.469 e. The van der Waals surface area contributed by atoms with E-state index in [9.17, 15) is 14.7 Å². The number of aliphatic hydroxyl groups is 1. The van der Waals surface area contributed by atoms with Crippen LogP contribution in [0.4, 0.5) is 5.69 Å². The smallest absolute Gasteiger partial charge is 0.305 e. The molecule has 40 heavy (non-hydrogen) atoms. The molecule has 1 aromatic rings. The SMILES string of the molecule is CC#C[C@]1(O)CC[C@H]2[C@@H]3CCC4=CC(=O)CCC4=C3[C@@H](c3ccc(N(C)CCCCCC(=O)OC)cc3)C[C@@]21C. The van der Waals surface area contributed by atoms with Crippen LogP contribution in [-0.2, 0) is 14.3 Å².